The molecule has 2 heteroatoms. The molecule has 0 aromatic heterocycles. The Hall–Kier alpha value is -0.0800. The minimum atomic E-state index is 0.751. The van der Waals surface area contributed by atoms with E-state index in [9.17, 15) is 0 Å². The van der Waals surface area contributed by atoms with Crippen molar-refractivity contribution in [1.82, 2.24) is 10.2 Å². The molecule has 0 bridgehead atoms. The molecule has 3 aliphatic carbocycles. The van der Waals surface area contributed by atoms with E-state index in [-0.39, 0.29) is 0 Å². The summed E-state index contributed by atoms with van der Waals surface area (Å²) in [5, 5.41) is 3.64. The molecular weight excluding hydrogens is 244 g/mol. The predicted molar refractivity (Wildman–Crippen MR) is 85.9 cm³/mol. The molecule has 0 saturated heterocycles. The smallest absolute Gasteiger partial charge is 0.0252 e. The average molecular weight is 278 g/mol. The zero-order valence-corrected chi connectivity index (χ0v) is 13.6. The minimum absolute atomic E-state index is 0.751. The first-order chi connectivity index (χ1) is 9.80. The fourth-order valence-corrected chi connectivity index (χ4v) is 4.25. The third-order valence-electron chi connectivity index (χ3n) is 5.84. The highest BCUT2D eigenvalue weighted by molar-refractivity contribution is 4.94. The van der Waals surface area contributed by atoms with E-state index in [1.807, 2.05) is 0 Å². The largest absolute Gasteiger partial charge is 0.315 e. The second kappa shape index (κ2) is 6.79. The molecule has 20 heavy (non-hydrogen) atoms. The van der Waals surface area contributed by atoms with Crippen LogP contribution in [0, 0.1) is 17.8 Å². The SMILES string of the molecule is CCCC1CCC(NC)C(N(CC2CC2)CC2CC2)C1. The zero-order chi connectivity index (χ0) is 13.9. The molecule has 0 heterocycles. The molecule has 0 radical (unpaired) electrons. The molecule has 0 amide bonds. The topological polar surface area (TPSA) is 15.3 Å². The fourth-order valence-electron chi connectivity index (χ4n) is 4.25. The highest BCUT2D eigenvalue weighted by Crippen LogP contribution is 2.38. The summed E-state index contributed by atoms with van der Waals surface area (Å²) >= 11 is 0. The van der Waals surface area contributed by atoms with Crippen molar-refractivity contribution in [2.75, 3.05) is 20.1 Å². The lowest BCUT2D eigenvalue weighted by atomic mass is 9.79. The van der Waals surface area contributed by atoms with E-state index in [2.05, 4.69) is 24.2 Å². The Morgan fingerprint density at radius 1 is 0.900 bits per heavy atom. The normalized spacial score (nSPS) is 34.6. The number of rotatable bonds is 8. The lowest BCUT2D eigenvalue weighted by molar-refractivity contribution is 0.0881. The first kappa shape index (κ1) is 14.8. The number of nitrogens with zero attached hydrogens (tertiary/aromatic N) is 1. The van der Waals surface area contributed by atoms with Crippen LogP contribution in [-0.2, 0) is 0 Å². The van der Waals surface area contributed by atoms with Gasteiger partial charge in [0.15, 0.2) is 0 Å². The van der Waals surface area contributed by atoms with Crippen molar-refractivity contribution in [3.63, 3.8) is 0 Å². The molecule has 3 saturated carbocycles. The van der Waals surface area contributed by atoms with Crippen LogP contribution in [0.3, 0.4) is 0 Å². The van der Waals surface area contributed by atoms with E-state index in [1.165, 1.54) is 70.9 Å². The predicted octanol–water partition coefficient (Wildman–Crippen LogP) is 3.67. The number of hydrogen-bond donors (Lipinski definition) is 1. The van der Waals surface area contributed by atoms with Crippen LogP contribution in [0.25, 0.3) is 0 Å². The van der Waals surface area contributed by atoms with Gasteiger partial charge in [0, 0.05) is 25.2 Å². The van der Waals surface area contributed by atoms with E-state index < -0.39 is 0 Å². The summed E-state index contributed by atoms with van der Waals surface area (Å²) in [5.41, 5.74) is 0. The number of likely N-dealkylation sites (N-methyl/N-ethyl adjacent to an activating group) is 1. The summed E-state index contributed by atoms with van der Waals surface area (Å²) < 4.78 is 0. The second-order valence-electron chi connectivity index (χ2n) is 7.77. The Labute approximate surface area is 125 Å². The van der Waals surface area contributed by atoms with Crippen LogP contribution in [0.5, 0.6) is 0 Å². The molecule has 116 valence electrons. The van der Waals surface area contributed by atoms with Gasteiger partial charge in [-0.25, -0.2) is 0 Å². The Morgan fingerprint density at radius 3 is 2.00 bits per heavy atom. The molecule has 3 fully saturated rings. The van der Waals surface area contributed by atoms with Crippen molar-refractivity contribution in [2.24, 2.45) is 17.8 Å². The molecule has 0 spiro atoms. The van der Waals surface area contributed by atoms with E-state index in [0.29, 0.717) is 0 Å². The molecule has 3 rings (SSSR count). The van der Waals surface area contributed by atoms with Gasteiger partial charge in [-0.2, -0.15) is 0 Å². The van der Waals surface area contributed by atoms with Crippen LogP contribution >= 0.6 is 0 Å². The number of nitrogens with one attached hydrogen (secondary N) is 1. The lowest BCUT2D eigenvalue weighted by Crippen LogP contribution is -2.53. The summed E-state index contributed by atoms with van der Waals surface area (Å²) in [7, 11) is 2.18. The van der Waals surface area contributed by atoms with Gasteiger partial charge in [-0.05, 0) is 69.7 Å². The van der Waals surface area contributed by atoms with Gasteiger partial charge < -0.3 is 5.32 Å². The Balaban J connectivity index is 1.62. The van der Waals surface area contributed by atoms with Crippen LogP contribution in [0.4, 0.5) is 0 Å². The van der Waals surface area contributed by atoms with Crippen LogP contribution in [0.15, 0.2) is 0 Å². The summed E-state index contributed by atoms with van der Waals surface area (Å²) in [6.07, 6.45) is 13.1. The van der Waals surface area contributed by atoms with Crippen LogP contribution in [0.1, 0.15) is 64.7 Å². The van der Waals surface area contributed by atoms with Crippen molar-refractivity contribution < 1.29 is 0 Å². The molecule has 3 aliphatic rings. The monoisotopic (exact) mass is 278 g/mol. The van der Waals surface area contributed by atoms with Gasteiger partial charge in [-0.15, -0.1) is 0 Å². The van der Waals surface area contributed by atoms with Crippen LogP contribution < -0.4 is 5.32 Å². The first-order valence-electron chi connectivity index (χ1n) is 9.21. The maximum absolute atomic E-state index is 3.64. The van der Waals surface area contributed by atoms with E-state index >= 15 is 0 Å². The van der Waals surface area contributed by atoms with Gasteiger partial charge in [0.25, 0.3) is 0 Å². The fraction of sp³-hybridized carbons (Fsp3) is 1.00. The Bertz CT molecular complexity index is 282. The van der Waals surface area contributed by atoms with Crippen molar-refractivity contribution in [1.29, 1.82) is 0 Å². The quantitative estimate of drug-likeness (QED) is 0.729. The van der Waals surface area contributed by atoms with Gasteiger partial charge >= 0.3 is 0 Å². The van der Waals surface area contributed by atoms with E-state index in [0.717, 1.165) is 29.8 Å². The van der Waals surface area contributed by atoms with Crippen molar-refractivity contribution >= 4 is 0 Å². The maximum atomic E-state index is 3.64. The number of hydrogen-bond acceptors (Lipinski definition) is 2. The average Bonchev–Trinajstić information content (AvgIpc) is 3.34. The minimum Gasteiger partial charge on any atom is -0.315 e. The van der Waals surface area contributed by atoms with Crippen LogP contribution in [-0.4, -0.2) is 37.1 Å². The molecule has 1 N–H and O–H groups in total. The maximum Gasteiger partial charge on any atom is 0.0252 e. The van der Waals surface area contributed by atoms with E-state index in [4.69, 9.17) is 0 Å². The van der Waals surface area contributed by atoms with Gasteiger partial charge in [0.1, 0.15) is 0 Å². The molecule has 0 aliphatic heterocycles. The van der Waals surface area contributed by atoms with Crippen molar-refractivity contribution in [2.45, 2.75) is 76.8 Å². The zero-order valence-electron chi connectivity index (χ0n) is 13.6. The van der Waals surface area contributed by atoms with Gasteiger partial charge in [-0.3, -0.25) is 4.90 Å². The van der Waals surface area contributed by atoms with Gasteiger partial charge in [0.2, 0.25) is 0 Å². The van der Waals surface area contributed by atoms with Crippen LogP contribution in [0.2, 0.25) is 0 Å². The third-order valence-corrected chi connectivity index (χ3v) is 5.84. The van der Waals surface area contributed by atoms with Gasteiger partial charge in [-0.1, -0.05) is 19.8 Å². The second-order valence-corrected chi connectivity index (χ2v) is 7.77. The molecule has 2 nitrogen and oxygen atoms in total. The van der Waals surface area contributed by atoms with Crippen molar-refractivity contribution in [3.05, 3.63) is 0 Å². The molecule has 3 unspecified atom stereocenters. The molecular formula is C18H34N2. The Kier molecular flexibility index (Phi) is 5.04. The van der Waals surface area contributed by atoms with Crippen molar-refractivity contribution in [3.8, 4) is 0 Å². The standard InChI is InChI=1S/C18H34N2/c1-3-4-14-9-10-17(19-2)18(11-14)20(12-15-5-6-15)13-16-7-8-16/h14-19H,3-13H2,1-2H3. The first-order valence-corrected chi connectivity index (χ1v) is 9.21. The summed E-state index contributed by atoms with van der Waals surface area (Å²) in [6.45, 7) is 5.15. The Morgan fingerprint density at radius 2 is 1.50 bits per heavy atom. The summed E-state index contributed by atoms with van der Waals surface area (Å²) in [4.78, 5) is 2.92. The summed E-state index contributed by atoms with van der Waals surface area (Å²) in [6, 6.07) is 1.58. The van der Waals surface area contributed by atoms with Gasteiger partial charge in [0.05, 0.1) is 0 Å². The molecule has 0 aromatic rings. The lowest BCUT2D eigenvalue weighted by Gasteiger charge is -2.43. The third kappa shape index (κ3) is 3.98. The van der Waals surface area contributed by atoms with E-state index in [1.54, 1.807) is 0 Å². The summed E-state index contributed by atoms with van der Waals surface area (Å²) in [5.74, 6) is 3.08. The highest BCUT2D eigenvalue weighted by Gasteiger charge is 2.38. The highest BCUT2D eigenvalue weighted by atomic mass is 15.2. The molecule has 3 atom stereocenters. The molecule has 0 aromatic carbocycles.